The molecule has 0 aliphatic heterocycles. The van der Waals surface area contributed by atoms with Crippen LogP contribution in [0.4, 0.5) is 5.95 Å². The molecule has 0 bridgehead atoms. The highest BCUT2D eigenvalue weighted by molar-refractivity contribution is 5.86. The summed E-state index contributed by atoms with van der Waals surface area (Å²) >= 11 is 0. The van der Waals surface area contributed by atoms with E-state index >= 15 is 0 Å². The summed E-state index contributed by atoms with van der Waals surface area (Å²) in [6.07, 6.45) is 8.93. The zero-order chi connectivity index (χ0) is 17.2. The number of fused-ring (bicyclic) bond motifs is 2. The van der Waals surface area contributed by atoms with Gasteiger partial charge in [-0.2, -0.15) is 5.10 Å². The SMILES string of the molecule is CCn1c(N/N=C2/CC[C@H]3CCCC[C@@H]3C2)nc2ccccc2c1=O. The van der Waals surface area contributed by atoms with Gasteiger partial charge in [0.05, 0.1) is 10.9 Å². The number of hydrazone groups is 1. The van der Waals surface area contributed by atoms with E-state index in [1.165, 1.54) is 37.8 Å². The molecule has 2 aromatic rings. The van der Waals surface area contributed by atoms with E-state index in [0.29, 0.717) is 17.9 Å². The van der Waals surface area contributed by atoms with Crippen LogP contribution < -0.4 is 11.0 Å². The molecule has 5 heteroatoms. The molecule has 4 rings (SSSR count). The molecule has 2 aliphatic carbocycles. The Bertz CT molecular complexity index is 854. The van der Waals surface area contributed by atoms with E-state index in [9.17, 15) is 4.79 Å². The molecule has 0 radical (unpaired) electrons. The highest BCUT2D eigenvalue weighted by Gasteiger charge is 2.30. The molecule has 5 nitrogen and oxygen atoms in total. The normalized spacial score (nSPS) is 25.1. The Labute approximate surface area is 148 Å². The molecule has 2 atom stereocenters. The van der Waals surface area contributed by atoms with E-state index in [1.807, 2.05) is 31.2 Å². The fraction of sp³-hybridized carbons (Fsp3) is 0.550. The van der Waals surface area contributed by atoms with Crippen molar-refractivity contribution >= 4 is 22.6 Å². The third kappa shape index (κ3) is 3.20. The van der Waals surface area contributed by atoms with E-state index in [4.69, 9.17) is 0 Å². The van der Waals surface area contributed by atoms with Gasteiger partial charge < -0.3 is 0 Å². The Morgan fingerprint density at radius 3 is 2.84 bits per heavy atom. The van der Waals surface area contributed by atoms with Crippen LogP contribution in [0.3, 0.4) is 0 Å². The Balaban J connectivity index is 1.59. The maximum Gasteiger partial charge on any atom is 0.262 e. The molecule has 1 aromatic carbocycles. The lowest BCUT2D eigenvalue weighted by Gasteiger charge is -2.35. The van der Waals surface area contributed by atoms with Crippen molar-refractivity contribution in [1.29, 1.82) is 0 Å². The minimum absolute atomic E-state index is 0.00760. The van der Waals surface area contributed by atoms with Crippen LogP contribution in [-0.4, -0.2) is 15.3 Å². The van der Waals surface area contributed by atoms with Crippen LogP contribution >= 0.6 is 0 Å². The highest BCUT2D eigenvalue weighted by Crippen LogP contribution is 2.39. The summed E-state index contributed by atoms with van der Waals surface area (Å²) in [5.41, 5.74) is 5.04. The zero-order valence-electron chi connectivity index (χ0n) is 14.9. The first-order chi connectivity index (χ1) is 12.3. The number of anilines is 1. The largest absolute Gasteiger partial charge is 0.277 e. The van der Waals surface area contributed by atoms with Crippen molar-refractivity contribution in [3.63, 3.8) is 0 Å². The van der Waals surface area contributed by atoms with Crippen molar-refractivity contribution in [1.82, 2.24) is 9.55 Å². The molecular formula is C20H26N4O. The zero-order valence-corrected chi connectivity index (χ0v) is 14.9. The molecule has 0 unspecified atom stereocenters. The summed E-state index contributed by atoms with van der Waals surface area (Å²) in [6, 6.07) is 7.49. The van der Waals surface area contributed by atoms with Crippen LogP contribution in [-0.2, 0) is 6.54 Å². The topological polar surface area (TPSA) is 59.3 Å². The van der Waals surface area contributed by atoms with Gasteiger partial charge in [0.15, 0.2) is 0 Å². The standard InChI is InChI=1S/C20H26N4O/c1-2-24-19(25)17-9-5-6-10-18(17)21-20(24)23-22-16-12-11-14-7-3-4-8-15(14)13-16/h5-6,9-10,14-15H,2-4,7-8,11-13H2,1H3,(H,21,23)/b22-16-/t14-,15-/m1/s1. The van der Waals surface area contributed by atoms with Gasteiger partial charge in [-0.25, -0.2) is 10.4 Å². The Morgan fingerprint density at radius 2 is 2.00 bits per heavy atom. The number of hydrogen-bond acceptors (Lipinski definition) is 4. The molecule has 1 N–H and O–H groups in total. The smallest absolute Gasteiger partial charge is 0.262 e. The van der Waals surface area contributed by atoms with E-state index in [-0.39, 0.29) is 5.56 Å². The first-order valence-electron chi connectivity index (χ1n) is 9.57. The third-order valence-electron chi connectivity index (χ3n) is 5.86. The molecule has 132 valence electrons. The highest BCUT2D eigenvalue weighted by atomic mass is 16.1. The second kappa shape index (κ2) is 6.98. The predicted molar refractivity (Wildman–Crippen MR) is 102 cm³/mol. The molecule has 2 fully saturated rings. The van der Waals surface area contributed by atoms with E-state index in [0.717, 1.165) is 30.2 Å². The summed E-state index contributed by atoms with van der Waals surface area (Å²) in [7, 11) is 0. The maximum absolute atomic E-state index is 12.7. The molecule has 0 saturated heterocycles. The van der Waals surface area contributed by atoms with Crippen LogP contribution in [0.1, 0.15) is 51.9 Å². The number of rotatable bonds is 3. The second-order valence-corrected chi connectivity index (χ2v) is 7.34. The monoisotopic (exact) mass is 338 g/mol. The third-order valence-corrected chi connectivity index (χ3v) is 5.86. The van der Waals surface area contributed by atoms with Crippen molar-refractivity contribution in [2.45, 2.75) is 58.4 Å². The van der Waals surface area contributed by atoms with Crippen molar-refractivity contribution in [2.75, 3.05) is 5.43 Å². The number of nitrogens with one attached hydrogen (secondary N) is 1. The predicted octanol–water partition coefficient (Wildman–Crippen LogP) is 4.17. The molecule has 25 heavy (non-hydrogen) atoms. The summed E-state index contributed by atoms with van der Waals surface area (Å²) in [5.74, 6) is 2.26. The van der Waals surface area contributed by atoms with Gasteiger partial charge in [0.25, 0.3) is 5.56 Å². The molecule has 1 heterocycles. The fourth-order valence-electron chi connectivity index (χ4n) is 4.47. The van der Waals surface area contributed by atoms with Gasteiger partial charge >= 0.3 is 0 Å². The van der Waals surface area contributed by atoms with Crippen LogP contribution in [0.5, 0.6) is 0 Å². The molecule has 2 aliphatic rings. The average molecular weight is 338 g/mol. The van der Waals surface area contributed by atoms with Crippen LogP contribution in [0, 0.1) is 11.8 Å². The average Bonchev–Trinajstić information content (AvgIpc) is 2.66. The summed E-state index contributed by atoms with van der Waals surface area (Å²) in [6.45, 7) is 2.54. The molecule has 1 aromatic heterocycles. The van der Waals surface area contributed by atoms with Gasteiger partial charge in [0.1, 0.15) is 0 Å². The van der Waals surface area contributed by atoms with Crippen molar-refractivity contribution in [3.05, 3.63) is 34.6 Å². The Morgan fingerprint density at radius 1 is 1.20 bits per heavy atom. The number of hydrogen-bond donors (Lipinski definition) is 1. The summed E-state index contributed by atoms with van der Waals surface area (Å²) in [5, 5.41) is 5.30. The van der Waals surface area contributed by atoms with Crippen LogP contribution in [0.15, 0.2) is 34.2 Å². The first kappa shape index (κ1) is 16.3. The Kier molecular flexibility index (Phi) is 4.55. The van der Waals surface area contributed by atoms with E-state index in [1.54, 1.807) is 4.57 Å². The number of aromatic nitrogens is 2. The summed E-state index contributed by atoms with van der Waals surface area (Å²) in [4.78, 5) is 17.3. The quantitative estimate of drug-likeness (QED) is 0.854. The first-order valence-corrected chi connectivity index (χ1v) is 9.57. The van der Waals surface area contributed by atoms with Gasteiger partial charge in [-0.3, -0.25) is 9.36 Å². The fourth-order valence-corrected chi connectivity index (χ4v) is 4.47. The minimum Gasteiger partial charge on any atom is -0.277 e. The number of nitrogens with zero attached hydrogens (tertiary/aromatic N) is 3. The lowest BCUT2D eigenvalue weighted by Crippen LogP contribution is -2.28. The van der Waals surface area contributed by atoms with E-state index in [2.05, 4.69) is 15.5 Å². The maximum atomic E-state index is 12.7. The van der Waals surface area contributed by atoms with Crippen LogP contribution in [0.2, 0.25) is 0 Å². The van der Waals surface area contributed by atoms with Crippen molar-refractivity contribution in [3.8, 4) is 0 Å². The van der Waals surface area contributed by atoms with Crippen LogP contribution in [0.25, 0.3) is 10.9 Å². The number of para-hydroxylation sites is 1. The molecule has 0 spiro atoms. The van der Waals surface area contributed by atoms with E-state index < -0.39 is 0 Å². The van der Waals surface area contributed by atoms with Gasteiger partial charge in [-0.05, 0) is 56.6 Å². The molecular weight excluding hydrogens is 312 g/mol. The summed E-state index contributed by atoms with van der Waals surface area (Å²) < 4.78 is 1.67. The Hall–Kier alpha value is -2.17. The lowest BCUT2D eigenvalue weighted by molar-refractivity contribution is 0.218. The molecule has 0 amide bonds. The minimum atomic E-state index is -0.00760. The molecule has 2 saturated carbocycles. The van der Waals surface area contributed by atoms with Gasteiger partial charge in [-0.15, -0.1) is 0 Å². The van der Waals surface area contributed by atoms with Gasteiger partial charge in [0, 0.05) is 12.3 Å². The van der Waals surface area contributed by atoms with Gasteiger partial charge in [0.2, 0.25) is 5.95 Å². The number of benzene rings is 1. The van der Waals surface area contributed by atoms with Gasteiger partial charge in [-0.1, -0.05) is 31.4 Å². The lowest BCUT2D eigenvalue weighted by atomic mass is 9.70. The van der Waals surface area contributed by atoms with Crippen molar-refractivity contribution in [2.24, 2.45) is 16.9 Å². The van der Waals surface area contributed by atoms with Crippen molar-refractivity contribution < 1.29 is 0 Å². The second-order valence-electron chi connectivity index (χ2n) is 7.34.